The third-order valence-corrected chi connectivity index (χ3v) is 3.39. The van der Waals surface area contributed by atoms with Gasteiger partial charge in [0.05, 0.1) is 0 Å². The Hall–Kier alpha value is -2.33. The maximum absolute atomic E-state index is 12.4. The van der Waals surface area contributed by atoms with Crippen LogP contribution in [0.15, 0.2) is 48.5 Å². The molecule has 128 valence electrons. The summed E-state index contributed by atoms with van der Waals surface area (Å²) in [6.45, 7) is 7.78. The molecule has 0 heterocycles. The van der Waals surface area contributed by atoms with Gasteiger partial charge in [0.1, 0.15) is 23.5 Å². The summed E-state index contributed by atoms with van der Waals surface area (Å²) in [6.07, 6.45) is 0. The lowest BCUT2D eigenvalue weighted by Crippen LogP contribution is -2.24. The van der Waals surface area contributed by atoms with Gasteiger partial charge in [-0.3, -0.25) is 0 Å². The summed E-state index contributed by atoms with van der Waals surface area (Å²) in [5, 5.41) is 0. The summed E-state index contributed by atoms with van der Waals surface area (Å²) in [5.74, 6) is 0.0877. The molecule has 0 spiro atoms. The molecule has 0 aliphatic heterocycles. The first-order valence-corrected chi connectivity index (χ1v) is 8.06. The molecule has 0 saturated carbocycles. The van der Waals surface area contributed by atoms with Crippen molar-refractivity contribution in [1.29, 1.82) is 0 Å². The Morgan fingerprint density at radius 2 is 1.79 bits per heavy atom. The first kappa shape index (κ1) is 18.0. The highest BCUT2D eigenvalue weighted by molar-refractivity contribution is 5.92. The molecule has 0 aliphatic carbocycles. The number of nitrogens with two attached hydrogens (primary N) is 1. The smallest absolute Gasteiger partial charge is 0.342 e. The number of ether oxygens (including phenoxy) is 2. The second-order valence-electron chi connectivity index (χ2n) is 6.82. The summed E-state index contributed by atoms with van der Waals surface area (Å²) in [5.41, 5.74) is 7.73. The fourth-order valence-corrected chi connectivity index (χ4v) is 2.18. The van der Waals surface area contributed by atoms with Gasteiger partial charge in [0, 0.05) is 6.04 Å². The molecule has 0 bridgehead atoms. The molecule has 2 aromatic rings. The Morgan fingerprint density at radius 1 is 1.12 bits per heavy atom. The molecule has 1 atom stereocenters. The number of carbonyl (C=O) groups excluding carboxylic acids is 1. The van der Waals surface area contributed by atoms with E-state index in [1.165, 1.54) is 0 Å². The Kier molecular flexibility index (Phi) is 5.62. The van der Waals surface area contributed by atoms with Gasteiger partial charge in [0.15, 0.2) is 0 Å². The van der Waals surface area contributed by atoms with Crippen LogP contribution in [0.4, 0.5) is 0 Å². The van der Waals surface area contributed by atoms with Crippen molar-refractivity contribution in [2.24, 2.45) is 5.73 Å². The van der Waals surface area contributed by atoms with Crippen LogP contribution in [0.5, 0.6) is 5.75 Å². The molecule has 2 N–H and O–H groups in total. The predicted octanol–water partition coefficient (Wildman–Crippen LogP) is 4.24. The summed E-state index contributed by atoms with van der Waals surface area (Å²) < 4.78 is 11.4. The van der Waals surface area contributed by atoms with Crippen LogP contribution in [0.3, 0.4) is 0 Å². The van der Waals surface area contributed by atoms with Crippen molar-refractivity contribution in [3.63, 3.8) is 0 Å². The van der Waals surface area contributed by atoms with Gasteiger partial charge in [0.25, 0.3) is 0 Å². The minimum absolute atomic E-state index is 0.142. The number of esters is 1. The molecule has 0 aromatic heterocycles. The number of carbonyl (C=O) groups is 1. The van der Waals surface area contributed by atoms with Gasteiger partial charge in [-0.25, -0.2) is 4.79 Å². The van der Waals surface area contributed by atoms with E-state index in [2.05, 4.69) is 0 Å². The minimum atomic E-state index is -0.562. The van der Waals surface area contributed by atoms with E-state index >= 15 is 0 Å². The second kappa shape index (κ2) is 7.49. The van der Waals surface area contributed by atoms with E-state index in [1.54, 1.807) is 6.07 Å². The highest BCUT2D eigenvalue weighted by atomic mass is 16.6. The third kappa shape index (κ3) is 5.10. The lowest BCUT2D eigenvalue weighted by Gasteiger charge is -2.21. The van der Waals surface area contributed by atoms with E-state index in [9.17, 15) is 4.79 Å². The van der Waals surface area contributed by atoms with E-state index in [0.717, 1.165) is 11.1 Å². The van der Waals surface area contributed by atoms with E-state index in [0.29, 0.717) is 17.9 Å². The number of benzene rings is 2. The highest BCUT2D eigenvalue weighted by Gasteiger charge is 2.22. The monoisotopic (exact) mass is 327 g/mol. The predicted molar refractivity (Wildman–Crippen MR) is 95.0 cm³/mol. The van der Waals surface area contributed by atoms with Crippen LogP contribution in [-0.4, -0.2) is 11.6 Å². The Morgan fingerprint density at radius 3 is 2.38 bits per heavy atom. The second-order valence-corrected chi connectivity index (χ2v) is 6.82. The van der Waals surface area contributed by atoms with Crippen molar-refractivity contribution in [3.8, 4) is 5.75 Å². The maximum Gasteiger partial charge on any atom is 0.342 e. The van der Waals surface area contributed by atoms with Gasteiger partial charge in [-0.15, -0.1) is 0 Å². The molecule has 4 nitrogen and oxygen atoms in total. The topological polar surface area (TPSA) is 61.6 Å². The molecule has 4 heteroatoms. The Bertz CT molecular complexity index is 688. The molecule has 0 amide bonds. The molecule has 0 aliphatic rings. The van der Waals surface area contributed by atoms with E-state index in [-0.39, 0.29) is 6.04 Å². The van der Waals surface area contributed by atoms with E-state index < -0.39 is 11.6 Å². The fourth-order valence-electron chi connectivity index (χ4n) is 2.18. The maximum atomic E-state index is 12.4. The van der Waals surface area contributed by atoms with Crippen molar-refractivity contribution in [2.75, 3.05) is 0 Å². The molecule has 24 heavy (non-hydrogen) atoms. The first-order valence-electron chi connectivity index (χ1n) is 8.06. The molecular weight excluding hydrogens is 302 g/mol. The van der Waals surface area contributed by atoms with Crippen LogP contribution >= 0.6 is 0 Å². The Labute approximate surface area is 143 Å². The molecular formula is C20H25NO3. The summed E-state index contributed by atoms with van der Waals surface area (Å²) >= 11 is 0. The van der Waals surface area contributed by atoms with Crippen molar-refractivity contribution in [1.82, 2.24) is 0 Å². The van der Waals surface area contributed by atoms with Crippen LogP contribution in [0.25, 0.3) is 0 Å². The van der Waals surface area contributed by atoms with Crippen LogP contribution in [0, 0.1) is 0 Å². The average molecular weight is 327 g/mol. The Balaban J connectivity index is 2.27. The van der Waals surface area contributed by atoms with Crippen LogP contribution in [-0.2, 0) is 11.3 Å². The van der Waals surface area contributed by atoms with Crippen molar-refractivity contribution < 1.29 is 14.3 Å². The molecule has 2 aromatic carbocycles. The minimum Gasteiger partial charge on any atom is -0.488 e. The largest absolute Gasteiger partial charge is 0.488 e. The molecule has 0 radical (unpaired) electrons. The van der Waals surface area contributed by atoms with Crippen LogP contribution in [0.2, 0.25) is 0 Å². The number of hydrogen-bond acceptors (Lipinski definition) is 4. The summed E-state index contributed by atoms with van der Waals surface area (Å²) in [4.78, 5) is 12.4. The molecule has 0 saturated heterocycles. The normalized spacial score (nSPS) is 12.5. The van der Waals surface area contributed by atoms with Crippen LogP contribution in [0.1, 0.15) is 55.2 Å². The molecule has 2 rings (SSSR count). The van der Waals surface area contributed by atoms with Gasteiger partial charge in [-0.2, -0.15) is 0 Å². The van der Waals surface area contributed by atoms with Gasteiger partial charge in [-0.05, 0) is 51.0 Å². The van der Waals surface area contributed by atoms with Gasteiger partial charge < -0.3 is 15.2 Å². The molecule has 1 unspecified atom stereocenters. The SMILES string of the molecule is CC(N)c1ccc(C(=O)OC(C)(C)C)c(OCc2ccccc2)c1. The average Bonchev–Trinajstić information content (AvgIpc) is 2.52. The van der Waals surface area contributed by atoms with E-state index in [1.807, 2.05) is 70.2 Å². The fraction of sp³-hybridized carbons (Fsp3) is 0.350. The van der Waals surface area contributed by atoms with Crippen molar-refractivity contribution in [3.05, 3.63) is 65.2 Å². The standard InChI is InChI=1S/C20H25NO3/c1-14(21)16-10-11-17(19(22)24-20(2,3)4)18(12-16)23-13-15-8-6-5-7-9-15/h5-12,14H,13,21H2,1-4H3. The lowest BCUT2D eigenvalue weighted by molar-refractivity contribution is 0.00654. The van der Waals surface area contributed by atoms with Gasteiger partial charge in [0.2, 0.25) is 0 Å². The quantitative estimate of drug-likeness (QED) is 0.834. The van der Waals surface area contributed by atoms with Crippen molar-refractivity contribution >= 4 is 5.97 Å². The zero-order valence-corrected chi connectivity index (χ0v) is 14.7. The van der Waals surface area contributed by atoms with Gasteiger partial charge >= 0.3 is 5.97 Å². The first-order chi connectivity index (χ1) is 11.3. The van der Waals surface area contributed by atoms with Crippen molar-refractivity contribution in [2.45, 2.75) is 45.9 Å². The third-order valence-electron chi connectivity index (χ3n) is 3.39. The highest BCUT2D eigenvalue weighted by Crippen LogP contribution is 2.26. The van der Waals surface area contributed by atoms with Crippen LogP contribution < -0.4 is 10.5 Å². The number of rotatable bonds is 5. The summed E-state index contributed by atoms with van der Waals surface area (Å²) in [7, 11) is 0. The molecule has 0 fully saturated rings. The lowest BCUT2D eigenvalue weighted by atomic mass is 10.1. The summed E-state index contributed by atoms with van der Waals surface area (Å²) in [6, 6.07) is 15.0. The van der Waals surface area contributed by atoms with Gasteiger partial charge in [-0.1, -0.05) is 36.4 Å². The number of hydrogen-bond donors (Lipinski definition) is 1. The zero-order chi connectivity index (χ0) is 17.7. The zero-order valence-electron chi connectivity index (χ0n) is 14.7. The van der Waals surface area contributed by atoms with E-state index in [4.69, 9.17) is 15.2 Å².